The summed E-state index contributed by atoms with van der Waals surface area (Å²) in [6, 6.07) is 4.11. The van der Waals surface area contributed by atoms with E-state index < -0.39 is 11.6 Å². The van der Waals surface area contributed by atoms with E-state index in [1.807, 2.05) is 0 Å². The second kappa shape index (κ2) is 3.93. The minimum absolute atomic E-state index is 0.149. The number of hydrogen-bond donors (Lipinski definition) is 0. The summed E-state index contributed by atoms with van der Waals surface area (Å²) in [5.74, 6) is -1.51. The van der Waals surface area contributed by atoms with Gasteiger partial charge in [0.15, 0.2) is 11.6 Å². The van der Waals surface area contributed by atoms with Crippen LogP contribution in [0.15, 0.2) is 24.3 Å². The molecule has 0 fully saturated rings. The van der Waals surface area contributed by atoms with Gasteiger partial charge in [-0.15, -0.1) is 0 Å². The van der Waals surface area contributed by atoms with Gasteiger partial charge in [-0.1, -0.05) is 18.2 Å². The third-order valence-corrected chi connectivity index (χ3v) is 2.55. The lowest BCUT2D eigenvalue weighted by atomic mass is 9.93. The number of benzene rings is 1. The number of hydrogen-bond acceptors (Lipinski definition) is 1. The van der Waals surface area contributed by atoms with Crippen molar-refractivity contribution in [3.05, 3.63) is 41.5 Å². The highest BCUT2D eigenvalue weighted by molar-refractivity contribution is 5.86. The third kappa shape index (κ3) is 1.96. The minimum Gasteiger partial charge on any atom is -0.299 e. The Hall–Kier alpha value is -1.51. The Labute approximate surface area is 86.4 Å². The molecule has 0 saturated carbocycles. The van der Waals surface area contributed by atoms with Gasteiger partial charge in [0.1, 0.15) is 5.78 Å². The molecule has 0 unspecified atom stereocenters. The van der Waals surface area contributed by atoms with Crippen LogP contribution in [0.4, 0.5) is 8.78 Å². The maximum atomic E-state index is 13.4. The second-order valence-corrected chi connectivity index (χ2v) is 3.57. The first-order valence-electron chi connectivity index (χ1n) is 4.83. The monoisotopic (exact) mass is 208 g/mol. The average molecular weight is 208 g/mol. The van der Waals surface area contributed by atoms with Crippen molar-refractivity contribution in [2.45, 2.75) is 19.3 Å². The summed E-state index contributed by atoms with van der Waals surface area (Å²) >= 11 is 0. The zero-order chi connectivity index (χ0) is 10.8. The van der Waals surface area contributed by atoms with Gasteiger partial charge in [0.2, 0.25) is 0 Å². The van der Waals surface area contributed by atoms with Crippen LogP contribution < -0.4 is 0 Å². The van der Waals surface area contributed by atoms with Gasteiger partial charge < -0.3 is 0 Å². The summed E-state index contributed by atoms with van der Waals surface area (Å²) in [6.07, 6.45) is 2.93. The minimum atomic E-state index is -0.842. The molecule has 78 valence electrons. The van der Waals surface area contributed by atoms with E-state index in [-0.39, 0.29) is 11.3 Å². The van der Waals surface area contributed by atoms with Gasteiger partial charge in [0, 0.05) is 18.4 Å². The highest BCUT2D eigenvalue weighted by atomic mass is 19.2. The maximum absolute atomic E-state index is 13.4. The molecule has 1 aliphatic carbocycles. The molecule has 0 heterocycles. The average Bonchev–Trinajstić information content (AvgIpc) is 2.24. The summed E-state index contributed by atoms with van der Waals surface area (Å²) < 4.78 is 26.3. The summed E-state index contributed by atoms with van der Waals surface area (Å²) in [5, 5.41) is 0. The van der Waals surface area contributed by atoms with E-state index >= 15 is 0 Å². The van der Waals surface area contributed by atoms with Crippen molar-refractivity contribution in [3.8, 4) is 0 Å². The van der Waals surface area contributed by atoms with E-state index in [0.717, 1.165) is 11.6 Å². The first kappa shape index (κ1) is 10.0. The van der Waals surface area contributed by atoms with Gasteiger partial charge >= 0.3 is 0 Å². The van der Waals surface area contributed by atoms with Crippen LogP contribution in [0.2, 0.25) is 0 Å². The zero-order valence-electron chi connectivity index (χ0n) is 8.09. The fourth-order valence-corrected chi connectivity index (χ4v) is 1.71. The lowest BCUT2D eigenvalue weighted by Crippen LogP contribution is -2.04. The number of carbonyl (C=O) groups excluding carboxylic acids is 1. The normalized spacial score (nSPS) is 16.4. The molecule has 0 saturated heterocycles. The zero-order valence-corrected chi connectivity index (χ0v) is 8.09. The molecular formula is C12H10F2O. The number of allylic oxidation sites excluding steroid dienone is 2. The molecule has 3 heteroatoms. The van der Waals surface area contributed by atoms with Crippen molar-refractivity contribution >= 4 is 11.4 Å². The predicted molar refractivity (Wildman–Crippen MR) is 53.2 cm³/mol. The largest absolute Gasteiger partial charge is 0.299 e. The molecule has 0 radical (unpaired) electrons. The highest BCUT2D eigenvalue weighted by Crippen LogP contribution is 2.27. The fourth-order valence-electron chi connectivity index (χ4n) is 1.71. The Morgan fingerprint density at radius 2 is 1.93 bits per heavy atom. The molecule has 1 aromatic carbocycles. The molecule has 0 spiro atoms. The van der Waals surface area contributed by atoms with E-state index in [1.165, 1.54) is 6.07 Å². The SMILES string of the molecule is O=C1CC=C(c2cccc(F)c2F)CC1. The molecule has 0 amide bonds. The van der Waals surface area contributed by atoms with Gasteiger partial charge in [-0.3, -0.25) is 4.79 Å². The molecule has 1 aliphatic rings. The molecule has 0 atom stereocenters. The Kier molecular flexibility index (Phi) is 2.62. The molecule has 2 rings (SSSR count). The smallest absolute Gasteiger partial charge is 0.166 e. The number of carbonyl (C=O) groups is 1. The molecular weight excluding hydrogens is 198 g/mol. The second-order valence-electron chi connectivity index (χ2n) is 3.57. The molecule has 0 aromatic heterocycles. The topological polar surface area (TPSA) is 17.1 Å². The molecule has 0 bridgehead atoms. The maximum Gasteiger partial charge on any atom is 0.166 e. The van der Waals surface area contributed by atoms with Crippen LogP contribution in [0, 0.1) is 11.6 Å². The summed E-state index contributed by atoms with van der Waals surface area (Å²) in [4.78, 5) is 11.0. The number of rotatable bonds is 1. The van der Waals surface area contributed by atoms with Crippen molar-refractivity contribution in [2.75, 3.05) is 0 Å². The first-order chi connectivity index (χ1) is 7.18. The van der Waals surface area contributed by atoms with Gasteiger partial charge in [0.05, 0.1) is 0 Å². The molecule has 15 heavy (non-hydrogen) atoms. The van der Waals surface area contributed by atoms with E-state index in [9.17, 15) is 13.6 Å². The summed E-state index contributed by atoms with van der Waals surface area (Å²) in [7, 11) is 0. The van der Waals surface area contributed by atoms with E-state index in [0.29, 0.717) is 19.3 Å². The third-order valence-electron chi connectivity index (χ3n) is 2.55. The predicted octanol–water partition coefficient (Wildman–Crippen LogP) is 3.10. The van der Waals surface area contributed by atoms with E-state index in [2.05, 4.69) is 0 Å². The van der Waals surface area contributed by atoms with Crippen LogP contribution >= 0.6 is 0 Å². The van der Waals surface area contributed by atoms with Crippen molar-refractivity contribution < 1.29 is 13.6 Å². The van der Waals surface area contributed by atoms with Gasteiger partial charge in [-0.25, -0.2) is 8.78 Å². The van der Waals surface area contributed by atoms with Crippen LogP contribution in [0.5, 0.6) is 0 Å². The number of ketones is 1. The van der Waals surface area contributed by atoms with Gasteiger partial charge in [-0.05, 0) is 18.1 Å². The lowest BCUT2D eigenvalue weighted by molar-refractivity contribution is -0.118. The number of Topliss-reactive ketones (excluding diaryl/α,β-unsaturated/α-hetero) is 1. The van der Waals surface area contributed by atoms with Crippen LogP contribution in [0.25, 0.3) is 5.57 Å². The number of halogens is 2. The van der Waals surface area contributed by atoms with Gasteiger partial charge in [0.25, 0.3) is 0 Å². The molecule has 1 nitrogen and oxygen atoms in total. The van der Waals surface area contributed by atoms with E-state index in [1.54, 1.807) is 12.1 Å². The summed E-state index contributed by atoms with van der Waals surface area (Å²) in [5.41, 5.74) is 1.01. The van der Waals surface area contributed by atoms with Gasteiger partial charge in [-0.2, -0.15) is 0 Å². The Balaban J connectivity index is 2.38. The molecule has 1 aromatic rings. The van der Waals surface area contributed by atoms with Crippen molar-refractivity contribution in [2.24, 2.45) is 0 Å². The van der Waals surface area contributed by atoms with Crippen molar-refractivity contribution in [1.82, 2.24) is 0 Å². The first-order valence-corrected chi connectivity index (χ1v) is 4.83. The van der Waals surface area contributed by atoms with Crippen LogP contribution in [0.1, 0.15) is 24.8 Å². The Morgan fingerprint density at radius 3 is 2.60 bits per heavy atom. The van der Waals surface area contributed by atoms with Crippen molar-refractivity contribution in [1.29, 1.82) is 0 Å². The van der Waals surface area contributed by atoms with Crippen LogP contribution in [0.3, 0.4) is 0 Å². The Morgan fingerprint density at radius 1 is 1.13 bits per heavy atom. The van der Waals surface area contributed by atoms with Crippen LogP contribution in [-0.2, 0) is 4.79 Å². The Bertz CT molecular complexity index is 435. The quantitative estimate of drug-likeness (QED) is 0.693. The molecule has 0 N–H and O–H groups in total. The fraction of sp³-hybridized carbons (Fsp3) is 0.250. The van der Waals surface area contributed by atoms with Crippen LogP contribution in [-0.4, -0.2) is 5.78 Å². The van der Waals surface area contributed by atoms with E-state index in [4.69, 9.17) is 0 Å². The summed E-state index contributed by atoms with van der Waals surface area (Å²) in [6.45, 7) is 0. The lowest BCUT2D eigenvalue weighted by Gasteiger charge is -2.13. The highest BCUT2D eigenvalue weighted by Gasteiger charge is 2.16. The van der Waals surface area contributed by atoms with Crippen molar-refractivity contribution in [3.63, 3.8) is 0 Å². The molecule has 0 aliphatic heterocycles. The standard InChI is InChI=1S/C12H10F2O/c13-11-3-1-2-10(12(11)14)8-4-6-9(15)7-5-8/h1-4H,5-7H2.